The molecule has 3 N–H and O–H groups in total. The molecule has 0 aliphatic rings. The number of nitrogens with one attached hydrogen (secondary N) is 1. The fourth-order valence-corrected chi connectivity index (χ4v) is 4.21. The highest BCUT2D eigenvalue weighted by Gasteiger charge is 2.29. The highest BCUT2D eigenvalue weighted by Crippen LogP contribution is 2.37. The molecule has 1 unspecified atom stereocenters. The summed E-state index contributed by atoms with van der Waals surface area (Å²) in [6.07, 6.45) is 0. The molecule has 0 bridgehead atoms. The number of ether oxygens (including phenoxy) is 5. The molecule has 0 saturated heterocycles. The number of hydrogen-bond acceptors (Lipinski definition) is 10. The first-order valence-corrected chi connectivity index (χ1v) is 12.7. The number of H-pyrrole nitrogens is 1. The Hall–Kier alpha value is -4.43. The van der Waals surface area contributed by atoms with Gasteiger partial charge in [0.15, 0.2) is 40.6 Å². The van der Waals surface area contributed by atoms with Crippen molar-refractivity contribution >= 4 is 28.7 Å². The second-order valence-corrected chi connectivity index (χ2v) is 10.3. The largest absolute Gasteiger partial charge is 0.496 e. The van der Waals surface area contributed by atoms with Crippen molar-refractivity contribution in [3.8, 4) is 28.8 Å². The van der Waals surface area contributed by atoms with Crippen LogP contribution in [0.25, 0.3) is 16.9 Å². The Morgan fingerprint density at radius 1 is 1.07 bits per heavy atom. The number of aromatic amines is 1. The standard InChI is InChI=1S/C27H28ClF2N5O7/c1-27(2,3)42-25(36)20(31)22-33-23-21(24(34-22)40-6)32-26(37)35(23)15-10-18(17(39-5)9-13(15)28)41-11-12-16(38-4)8-7-14(29)19(12)30/h7-10,20H,11,31H2,1-6H3,(H,32,37). The molecule has 0 fully saturated rings. The normalized spacial score (nSPS) is 12.2. The van der Waals surface area contributed by atoms with E-state index in [2.05, 4.69) is 15.0 Å². The zero-order valence-electron chi connectivity index (χ0n) is 23.5. The second kappa shape index (κ2) is 11.8. The highest BCUT2D eigenvalue weighted by atomic mass is 35.5. The van der Waals surface area contributed by atoms with Crippen molar-refractivity contribution in [3.05, 3.63) is 62.8 Å². The predicted octanol–water partition coefficient (Wildman–Crippen LogP) is 3.99. The quantitative estimate of drug-likeness (QED) is 0.267. The first-order valence-electron chi connectivity index (χ1n) is 12.4. The Morgan fingerprint density at radius 2 is 1.76 bits per heavy atom. The zero-order valence-corrected chi connectivity index (χ0v) is 24.3. The first-order chi connectivity index (χ1) is 19.8. The molecule has 0 saturated carbocycles. The number of aromatic nitrogens is 4. The molecule has 2 heterocycles. The van der Waals surface area contributed by atoms with Crippen LogP contribution in [0.5, 0.6) is 23.1 Å². The van der Waals surface area contributed by atoms with Crippen LogP contribution >= 0.6 is 11.6 Å². The van der Waals surface area contributed by atoms with Crippen molar-refractivity contribution in [1.29, 1.82) is 0 Å². The summed E-state index contributed by atoms with van der Waals surface area (Å²) < 4.78 is 56.5. The van der Waals surface area contributed by atoms with Crippen LogP contribution in [0.4, 0.5) is 8.78 Å². The fourth-order valence-electron chi connectivity index (χ4n) is 3.97. The van der Waals surface area contributed by atoms with Gasteiger partial charge in [0.1, 0.15) is 23.5 Å². The Labute approximate surface area is 243 Å². The Bertz CT molecular complexity index is 1720. The van der Waals surface area contributed by atoms with E-state index in [4.69, 9.17) is 41.0 Å². The van der Waals surface area contributed by atoms with Crippen LogP contribution in [0.3, 0.4) is 0 Å². The molecule has 0 radical (unpaired) electrons. The molecule has 2 aromatic carbocycles. The molecule has 224 valence electrons. The van der Waals surface area contributed by atoms with Gasteiger partial charge in [-0.15, -0.1) is 0 Å². The van der Waals surface area contributed by atoms with E-state index >= 15 is 0 Å². The third-order valence-electron chi connectivity index (χ3n) is 5.87. The number of benzene rings is 2. The van der Waals surface area contributed by atoms with E-state index in [1.807, 2.05) is 0 Å². The van der Waals surface area contributed by atoms with Crippen molar-refractivity contribution in [2.45, 2.75) is 39.0 Å². The number of nitrogens with two attached hydrogens (primary N) is 1. The molecule has 4 aromatic rings. The minimum atomic E-state index is -1.41. The smallest absolute Gasteiger partial charge is 0.332 e. The van der Waals surface area contributed by atoms with Crippen molar-refractivity contribution in [3.63, 3.8) is 0 Å². The maximum absolute atomic E-state index is 14.5. The van der Waals surface area contributed by atoms with Crippen LogP contribution in [-0.4, -0.2) is 52.4 Å². The second-order valence-electron chi connectivity index (χ2n) is 9.85. The summed E-state index contributed by atoms with van der Waals surface area (Å²) in [5.41, 5.74) is 4.52. The first kappa shape index (κ1) is 30.5. The molecular weight excluding hydrogens is 580 g/mol. The number of rotatable bonds is 9. The summed E-state index contributed by atoms with van der Waals surface area (Å²) in [5, 5.41) is 0.0345. The maximum Gasteiger partial charge on any atom is 0.332 e. The number of fused-ring (bicyclic) bond motifs is 1. The van der Waals surface area contributed by atoms with E-state index in [0.29, 0.717) is 0 Å². The molecule has 4 rings (SSSR count). The van der Waals surface area contributed by atoms with E-state index < -0.39 is 41.5 Å². The number of halogens is 3. The third-order valence-corrected chi connectivity index (χ3v) is 6.17. The lowest BCUT2D eigenvalue weighted by atomic mass is 10.2. The number of carbonyl (C=O) groups excluding carboxylic acids is 1. The van der Waals surface area contributed by atoms with Crippen molar-refractivity contribution in [2.75, 3.05) is 21.3 Å². The average molecular weight is 608 g/mol. The summed E-state index contributed by atoms with van der Waals surface area (Å²) in [7, 11) is 3.97. The number of imidazole rings is 1. The van der Waals surface area contributed by atoms with E-state index in [1.54, 1.807) is 20.8 Å². The lowest BCUT2D eigenvalue weighted by molar-refractivity contribution is -0.156. The Balaban J connectivity index is 1.84. The van der Waals surface area contributed by atoms with Gasteiger partial charge in [0.2, 0.25) is 5.88 Å². The Morgan fingerprint density at radius 3 is 2.38 bits per heavy atom. The number of nitrogens with zero attached hydrogens (tertiary/aromatic N) is 3. The molecule has 15 heteroatoms. The molecular formula is C27H28ClF2N5O7. The summed E-state index contributed by atoms with van der Waals surface area (Å²) in [5.74, 6) is -3.07. The zero-order chi connectivity index (χ0) is 30.9. The van der Waals surface area contributed by atoms with Crippen LogP contribution in [0.15, 0.2) is 29.1 Å². The van der Waals surface area contributed by atoms with Crippen LogP contribution in [0.1, 0.15) is 38.2 Å². The van der Waals surface area contributed by atoms with E-state index in [-0.39, 0.29) is 56.4 Å². The van der Waals surface area contributed by atoms with Crippen molar-refractivity contribution in [2.24, 2.45) is 5.73 Å². The van der Waals surface area contributed by atoms with Crippen LogP contribution in [0, 0.1) is 11.6 Å². The monoisotopic (exact) mass is 607 g/mol. The minimum Gasteiger partial charge on any atom is -0.496 e. The van der Waals surface area contributed by atoms with Gasteiger partial charge >= 0.3 is 11.7 Å². The van der Waals surface area contributed by atoms with Crippen molar-refractivity contribution < 1.29 is 37.3 Å². The van der Waals surface area contributed by atoms with E-state index in [0.717, 1.165) is 10.6 Å². The average Bonchev–Trinajstić information content (AvgIpc) is 3.27. The molecule has 0 aliphatic heterocycles. The van der Waals surface area contributed by atoms with Crippen molar-refractivity contribution in [1.82, 2.24) is 19.5 Å². The summed E-state index contributed by atoms with van der Waals surface area (Å²) in [6.45, 7) is 4.57. The maximum atomic E-state index is 14.5. The van der Waals surface area contributed by atoms with Gasteiger partial charge in [-0.2, -0.15) is 4.98 Å². The molecule has 1 atom stereocenters. The van der Waals surface area contributed by atoms with Gasteiger partial charge in [0.05, 0.1) is 37.6 Å². The summed E-state index contributed by atoms with van der Waals surface area (Å²) in [6, 6.07) is 3.49. The number of methoxy groups -OCH3 is 3. The fraction of sp³-hybridized carbons (Fsp3) is 0.333. The van der Waals surface area contributed by atoms with Gasteiger partial charge in [-0.25, -0.2) is 27.9 Å². The number of carbonyl (C=O) groups is 1. The van der Waals surface area contributed by atoms with Gasteiger partial charge in [0, 0.05) is 12.1 Å². The van der Waals surface area contributed by atoms with Crippen LogP contribution < -0.4 is 30.4 Å². The molecule has 42 heavy (non-hydrogen) atoms. The number of esters is 1. The molecule has 0 spiro atoms. The topological polar surface area (TPSA) is 153 Å². The third kappa shape index (κ3) is 5.94. The van der Waals surface area contributed by atoms with E-state index in [9.17, 15) is 18.4 Å². The minimum absolute atomic E-state index is 0.0237. The van der Waals surface area contributed by atoms with E-state index in [1.165, 1.54) is 39.5 Å². The molecule has 12 nitrogen and oxygen atoms in total. The van der Waals surface area contributed by atoms with Gasteiger partial charge in [0.25, 0.3) is 0 Å². The summed E-state index contributed by atoms with van der Waals surface area (Å²) in [4.78, 5) is 37.0. The SMILES string of the molecule is COc1cc(Cl)c(-n2c(=O)[nH]c3c(OC)nc(C(N)C(=O)OC(C)(C)C)nc32)cc1OCc1c(OC)ccc(F)c1F. The van der Waals surface area contributed by atoms with Gasteiger partial charge < -0.3 is 29.4 Å². The Kier molecular flexibility index (Phi) is 8.59. The van der Waals surface area contributed by atoms with Gasteiger partial charge in [-0.1, -0.05) is 11.6 Å². The number of hydrogen-bond donors (Lipinski definition) is 2. The van der Waals surface area contributed by atoms with Crippen LogP contribution in [0.2, 0.25) is 5.02 Å². The van der Waals surface area contributed by atoms with Crippen LogP contribution in [-0.2, 0) is 16.1 Å². The van der Waals surface area contributed by atoms with Gasteiger partial charge in [-0.05, 0) is 32.9 Å². The lowest BCUT2D eigenvalue weighted by Gasteiger charge is -2.21. The summed E-state index contributed by atoms with van der Waals surface area (Å²) >= 11 is 6.54. The molecule has 0 aliphatic carbocycles. The molecule has 0 amide bonds. The molecule has 2 aromatic heterocycles. The van der Waals surface area contributed by atoms with Gasteiger partial charge in [-0.3, -0.25) is 4.98 Å². The predicted molar refractivity (Wildman–Crippen MR) is 148 cm³/mol. The highest BCUT2D eigenvalue weighted by molar-refractivity contribution is 6.32. The lowest BCUT2D eigenvalue weighted by Crippen LogP contribution is -2.32.